The van der Waals surface area contributed by atoms with E-state index in [9.17, 15) is 4.39 Å². The minimum atomic E-state index is -0.147. The molecule has 5 nitrogen and oxygen atoms in total. The summed E-state index contributed by atoms with van der Waals surface area (Å²) in [6, 6.07) is 7.36. The molecule has 0 spiro atoms. The third-order valence-corrected chi connectivity index (χ3v) is 6.18. The van der Waals surface area contributed by atoms with Crippen LogP contribution in [0.4, 0.5) is 10.2 Å². The first kappa shape index (κ1) is 19.1. The van der Waals surface area contributed by atoms with Crippen LogP contribution in [-0.2, 0) is 0 Å². The van der Waals surface area contributed by atoms with Crippen molar-refractivity contribution in [1.82, 2.24) is 19.3 Å². The van der Waals surface area contributed by atoms with Crippen LogP contribution in [0.1, 0.15) is 31.2 Å². The van der Waals surface area contributed by atoms with Crippen molar-refractivity contribution in [2.24, 2.45) is 0 Å². The molecular weight excluding hydrogens is 373 g/mol. The maximum absolute atomic E-state index is 15.0. The van der Waals surface area contributed by atoms with Gasteiger partial charge in [-0.3, -0.25) is 9.29 Å². The Morgan fingerprint density at radius 1 is 1.18 bits per heavy atom. The van der Waals surface area contributed by atoms with Crippen LogP contribution in [0, 0.1) is 5.82 Å². The van der Waals surface area contributed by atoms with Gasteiger partial charge in [0.1, 0.15) is 11.3 Å². The van der Waals surface area contributed by atoms with E-state index in [1.807, 2.05) is 30.1 Å². The van der Waals surface area contributed by atoms with Crippen LogP contribution in [0.5, 0.6) is 0 Å². The normalized spacial score (nSPS) is 15.8. The topological polar surface area (TPSA) is 53.9 Å². The Morgan fingerprint density at radius 3 is 2.68 bits per heavy atom. The number of nitrogens with zero attached hydrogens (tertiary/aromatic N) is 4. The third kappa shape index (κ3) is 3.82. The van der Waals surface area contributed by atoms with Gasteiger partial charge >= 0.3 is 0 Å². The van der Waals surface area contributed by atoms with Gasteiger partial charge in [0, 0.05) is 43.8 Å². The monoisotopic (exact) mass is 397 g/mol. The lowest BCUT2D eigenvalue weighted by atomic mass is 9.89. The van der Waals surface area contributed by atoms with Gasteiger partial charge in [0.15, 0.2) is 5.82 Å². The highest BCUT2D eigenvalue weighted by Gasteiger charge is 2.23. The van der Waals surface area contributed by atoms with Crippen molar-refractivity contribution in [3.8, 4) is 11.3 Å². The second kappa shape index (κ2) is 8.41. The van der Waals surface area contributed by atoms with E-state index in [1.165, 1.54) is 0 Å². The van der Waals surface area contributed by atoms with Crippen molar-refractivity contribution in [3.05, 3.63) is 48.0 Å². The number of benzene rings is 1. The highest BCUT2D eigenvalue weighted by Crippen LogP contribution is 2.34. The smallest absolute Gasteiger partial charge is 0.154 e. The van der Waals surface area contributed by atoms with Gasteiger partial charge in [-0.1, -0.05) is 31.0 Å². The van der Waals surface area contributed by atoms with E-state index in [-0.39, 0.29) is 11.7 Å². The summed E-state index contributed by atoms with van der Waals surface area (Å²) in [6.45, 7) is 4.20. The molecule has 1 aliphatic heterocycles. The molecule has 0 amide bonds. The summed E-state index contributed by atoms with van der Waals surface area (Å²) in [5, 5.41) is 3.06. The number of rotatable bonds is 5. The molecule has 2 aromatic heterocycles. The Labute approximate surface area is 168 Å². The fraction of sp³-hybridized carbons (Fsp3) is 0.381. The van der Waals surface area contributed by atoms with Gasteiger partial charge in [-0.15, -0.1) is 0 Å². The van der Waals surface area contributed by atoms with Crippen molar-refractivity contribution in [3.63, 3.8) is 0 Å². The molecule has 7 heteroatoms. The van der Waals surface area contributed by atoms with Gasteiger partial charge in [-0.25, -0.2) is 14.4 Å². The molecule has 0 radical (unpaired) electrons. The number of piperidine rings is 1. The molecule has 1 aromatic carbocycles. The zero-order valence-corrected chi connectivity index (χ0v) is 17.0. The maximum atomic E-state index is 15.0. The summed E-state index contributed by atoms with van der Waals surface area (Å²) in [5.41, 5.74) is 3.71. The first-order chi connectivity index (χ1) is 13.7. The summed E-state index contributed by atoms with van der Waals surface area (Å²) >= 11 is 1.87. The van der Waals surface area contributed by atoms with Crippen molar-refractivity contribution >= 4 is 28.8 Å². The van der Waals surface area contributed by atoms with Gasteiger partial charge < -0.3 is 5.32 Å². The maximum Gasteiger partial charge on any atom is 0.154 e. The van der Waals surface area contributed by atoms with Gasteiger partial charge in [-0.05, 0) is 36.5 Å². The first-order valence-corrected chi connectivity index (χ1v) is 10.6. The Kier molecular flexibility index (Phi) is 5.73. The van der Waals surface area contributed by atoms with Gasteiger partial charge in [-0.2, -0.15) is 0 Å². The number of hydrogen-bond donors (Lipinski definition) is 1. The number of anilines is 1. The summed E-state index contributed by atoms with van der Waals surface area (Å²) in [5.74, 6) is 1.87. The number of fused-ring (bicyclic) bond motifs is 1. The lowest BCUT2D eigenvalue weighted by molar-refractivity contribution is 0.341. The summed E-state index contributed by atoms with van der Waals surface area (Å²) in [4.78, 5) is 13.3. The third-order valence-electron chi connectivity index (χ3n) is 5.19. The Balaban J connectivity index is 1.61. The molecule has 146 valence electrons. The second-order valence-electron chi connectivity index (χ2n) is 6.89. The van der Waals surface area contributed by atoms with Crippen molar-refractivity contribution in [2.75, 3.05) is 31.2 Å². The fourth-order valence-corrected chi connectivity index (χ4v) is 4.62. The minimum Gasteiger partial charge on any atom is -0.371 e. The molecule has 0 saturated carbocycles. The van der Waals surface area contributed by atoms with Crippen LogP contribution in [0.3, 0.4) is 0 Å². The van der Waals surface area contributed by atoms with E-state index in [0.717, 1.165) is 48.3 Å². The molecule has 0 aliphatic carbocycles. The zero-order valence-electron chi connectivity index (χ0n) is 16.2. The average Bonchev–Trinajstić information content (AvgIpc) is 2.74. The Hall–Kier alpha value is -2.25. The van der Waals surface area contributed by atoms with Crippen LogP contribution in [0.25, 0.3) is 22.3 Å². The van der Waals surface area contributed by atoms with Crippen LogP contribution in [-0.4, -0.2) is 45.1 Å². The summed E-state index contributed by atoms with van der Waals surface area (Å²) < 4.78 is 17.4. The minimum absolute atomic E-state index is 0.147. The van der Waals surface area contributed by atoms with E-state index in [1.54, 1.807) is 25.5 Å². The first-order valence-electron chi connectivity index (χ1n) is 9.66. The largest absolute Gasteiger partial charge is 0.371 e. The molecule has 1 aliphatic rings. The number of halogens is 1. The molecular formula is C21H24FN5S. The molecule has 1 fully saturated rings. The lowest BCUT2D eigenvalue weighted by Gasteiger charge is -2.31. The van der Waals surface area contributed by atoms with Crippen LogP contribution < -0.4 is 5.32 Å². The molecule has 3 aromatic rings. The predicted molar refractivity (Wildman–Crippen MR) is 114 cm³/mol. The number of nitrogens with one attached hydrogen (secondary N) is 1. The molecule has 28 heavy (non-hydrogen) atoms. The van der Waals surface area contributed by atoms with E-state index < -0.39 is 0 Å². The standard InChI is InChI=1S/C21H24FN5S/c1-3-28-27-10-6-14(7-11-27)16-5-4-15(12-17(16)22)18-13-19-20(21(23-2)26-18)25-9-8-24-19/h4-5,8-9,12-14H,3,6-7,10-11H2,1-2H3,(H,23,26). The van der Waals surface area contributed by atoms with E-state index >= 15 is 0 Å². The quantitative estimate of drug-likeness (QED) is 0.629. The molecule has 0 atom stereocenters. The second-order valence-corrected chi connectivity index (χ2v) is 8.24. The van der Waals surface area contributed by atoms with Gasteiger partial charge in [0.2, 0.25) is 0 Å². The summed E-state index contributed by atoms with van der Waals surface area (Å²) in [6.07, 6.45) is 5.29. The number of hydrogen-bond acceptors (Lipinski definition) is 6. The van der Waals surface area contributed by atoms with E-state index in [2.05, 4.69) is 31.5 Å². The molecule has 3 heterocycles. The van der Waals surface area contributed by atoms with E-state index in [4.69, 9.17) is 0 Å². The fourth-order valence-electron chi connectivity index (χ4n) is 3.79. The Morgan fingerprint density at radius 2 is 1.96 bits per heavy atom. The SMILES string of the molecule is CCSN1CCC(c2ccc(-c3cc4nccnc4c(NC)n3)cc2F)CC1. The number of aromatic nitrogens is 3. The van der Waals surface area contributed by atoms with Crippen LogP contribution in [0.15, 0.2) is 36.7 Å². The van der Waals surface area contributed by atoms with Gasteiger partial charge in [0.25, 0.3) is 0 Å². The molecule has 0 unspecified atom stereocenters. The van der Waals surface area contributed by atoms with Crippen LogP contribution in [0.2, 0.25) is 0 Å². The molecule has 0 bridgehead atoms. The highest BCUT2D eigenvalue weighted by molar-refractivity contribution is 7.96. The van der Waals surface area contributed by atoms with Crippen molar-refractivity contribution < 1.29 is 4.39 Å². The Bertz CT molecular complexity index is 972. The molecule has 1 saturated heterocycles. The number of pyridine rings is 1. The lowest BCUT2D eigenvalue weighted by Crippen LogP contribution is -2.28. The predicted octanol–water partition coefficient (Wildman–Crippen LogP) is 4.72. The molecule has 1 N–H and O–H groups in total. The van der Waals surface area contributed by atoms with Crippen LogP contribution >= 0.6 is 11.9 Å². The average molecular weight is 398 g/mol. The summed E-state index contributed by atoms with van der Waals surface area (Å²) in [7, 11) is 1.80. The van der Waals surface area contributed by atoms with Gasteiger partial charge in [0.05, 0.1) is 11.2 Å². The molecule has 4 rings (SSSR count). The highest BCUT2D eigenvalue weighted by atomic mass is 32.2. The zero-order chi connectivity index (χ0) is 19.5. The van der Waals surface area contributed by atoms with Crippen molar-refractivity contribution in [1.29, 1.82) is 0 Å². The van der Waals surface area contributed by atoms with Crippen molar-refractivity contribution in [2.45, 2.75) is 25.7 Å². The van der Waals surface area contributed by atoms with E-state index in [0.29, 0.717) is 17.0 Å².